The van der Waals surface area contributed by atoms with Crippen molar-refractivity contribution >= 4 is 0 Å². The van der Waals surface area contributed by atoms with E-state index < -0.39 is 0 Å². The molecule has 1 saturated carbocycles. The van der Waals surface area contributed by atoms with E-state index in [1.54, 1.807) is 0 Å². The molecule has 0 spiro atoms. The summed E-state index contributed by atoms with van der Waals surface area (Å²) < 4.78 is 0. The van der Waals surface area contributed by atoms with Crippen molar-refractivity contribution in [3.8, 4) is 0 Å². The van der Waals surface area contributed by atoms with E-state index in [9.17, 15) is 0 Å². The zero-order valence-corrected chi connectivity index (χ0v) is 7.73. The summed E-state index contributed by atoms with van der Waals surface area (Å²) in [5.74, 6) is 0. The Morgan fingerprint density at radius 1 is 1.36 bits per heavy atom. The summed E-state index contributed by atoms with van der Waals surface area (Å²) in [4.78, 5) is 0. The average molecular weight is 152 g/mol. The van der Waals surface area contributed by atoms with Gasteiger partial charge >= 0.3 is 0 Å². The van der Waals surface area contributed by atoms with Crippen molar-refractivity contribution in [1.82, 2.24) is 0 Å². The molecule has 0 radical (unpaired) electrons. The highest BCUT2D eigenvalue weighted by atomic mass is 14.4. The molecule has 0 bridgehead atoms. The van der Waals surface area contributed by atoms with E-state index in [1.807, 2.05) is 0 Å². The van der Waals surface area contributed by atoms with Gasteiger partial charge in [-0.2, -0.15) is 0 Å². The van der Waals surface area contributed by atoms with Crippen molar-refractivity contribution in [1.29, 1.82) is 0 Å². The third-order valence-corrected chi connectivity index (χ3v) is 2.90. The summed E-state index contributed by atoms with van der Waals surface area (Å²) in [6.07, 6.45) is 11.9. The first-order valence-corrected chi connectivity index (χ1v) is 4.94. The molecule has 0 unspecified atom stereocenters. The standard InChI is InChI=1S/C11H20/c1-3-5-7-11(9-10-11)8-6-4-2/h3H,1,4-10H2,2H3. The molecule has 0 aromatic rings. The maximum Gasteiger partial charge on any atom is -0.0294 e. The lowest BCUT2D eigenvalue weighted by Crippen LogP contribution is -1.98. The van der Waals surface area contributed by atoms with Crippen LogP contribution in [0.2, 0.25) is 0 Å². The zero-order valence-electron chi connectivity index (χ0n) is 7.73. The molecule has 0 nitrogen and oxygen atoms in total. The Hall–Kier alpha value is -0.260. The van der Waals surface area contributed by atoms with Crippen LogP contribution in [0.4, 0.5) is 0 Å². The number of unbranched alkanes of at least 4 members (excludes halogenated alkanes) is 1. The molecule has 0 N–H and O–H groups in total. The predicted octanol–water partition coefficient (Wildman–Crippen LogP) is 3.92. The van der Waals surface area contributed by atoms with E-state index in [0.29, 0.717) is 0 Å². The first-order chi connectivity index (χ1) is 5.33. The van der Waals surface area contributed by atoms with Gasteiger partial charge in [-0.15, -0.1) is 6.58 Å². The van der Waals surface area contributed by atoms with Crippen molar-refractivity contribution < 1.29 is 0 Å². The minimum Gasteiger partial charge on any atom is -0.103 e. The van der Waals surface area contributed by atoms with Crippen molar-refractivity contribution in [2.75, 3.05) is 0 Å². The molecule has 11 heavy (non-hydrogen) atoms. The monoisotopic (exact) mass is 152 g/mol. The second-order valence-electron chi connectivity index (χ2n) is 3.93. The van der Waals surface area contributed by atoms with E-state index in [4.69, 9.17) is 0 Å². The minimum absolute atomic E-state index is 0.782. The van der Waals surface area contributed by atoms with Crippen LogP contribution in [-0.2, 0) is 0 Å². The maximum absolute atomic E-state index is 3.77. The largest absolute Gasteiger partial charge is 0.103 e. The molecule has 0 atom stereocenters. The molecule has 1 aliphatic rings. The average Bonchev–Trinajstić information content (AvgIpc) is 2.79. The fraction of sp³-hybridized carbons (Fsp3) is 0.818. The molecule has 1 aliphatic carbocycles. The number of hydrogen-bond acceptors (Lipinski definition) is 0. The van der Waals surface area contributed by atoms with Gasteiger partial charge < -0.3 is 0 Å². The predicted molar refractivity (Wildman–Crippen MR) is 50.6 cm³/mol. The Labute approximate surface area is 70.7 Å². The number of rotatable bonds is 6. The molecule has 0 aliphatic heterocycles. The number of allylic oxidation sites excluding steroid dienone is 1. The molecule has 64 valence electrons. The van der Waals surface area contributed by atoms with Crippen LogP contribution in [0.1, 0.15) is 51.9 Å². The summed E-state index contributed by atoms with van der Waals surface area (Å²) in [7, 11) is 0. The minimum atomic E-state index is 0.782. The topological polar surface area (TPSA) is 0 Å². The second kappa shape index (κ2) is 3.94. The Morgan fingerprint density at radius 2 is 2.09 bits per heavy atom. The summed E-state index contributed by atoms with van der Waals surface area (Å²) in [6, 6.07) is 0. The first-order valence-electron chi connectivity index (χ1n) is 4.94. The fourth-order valence-corrected chi connectivity index (χ4v) is 1.76. The molecule has 0 saturated heterocycles. The normalized spacial score (nSPS) is 19.7. The van der Waals surface area contributed by atoms with E-state index in [2.05, 4.69) is 19.6 Å². The van der Waals surface area contributed by atoms with Crippen LogP contribution in [0.25, 0.3) is 0 Å². The Bertz CT molecular complexity index is 120. The fourth-order valence-electron chi connectivity index (χ4n) is 1.76. The van der Waals surface area contributed by atoms with E-state index in [0.717, 1.165) is 5.41 Å². The molecule has 0 heteroatoms. The summed E-state index contributed by atoms with van der Waals surface area (Å²) >= 11 is 0. The Kier molecular flexibility index (Phi) is 3.16. The van der Waals surface area contributed by atoms with Crippen molar-refractivity contribution in [3.63, 3.8) is 0 Å². The highest BCUT2D eigenvalue weighted by Gasteiger charge is 2.40. The van der Waals surface area contributed by atoms with Gasteiger partial charge in [-0.05, 0) is 37.5 Å². The van der Waals surface area contributed by atoms with Crippen LogP contribution >= 0.6 is 0 Å². The van der Waals surface area contributed by atoms with Gasteiger partial charge in [0.25, 0.3) is 0 Å². The van der Waals surface area contributed by atoms with Gasteiger partial charge in [0.2, 0.25) is 0 Å². The third-order valence-electron chi connectivity index (χ3n) is 2.90. The van der Waals surface area contributed by atoms with Gasteiger partial charge in [-0.25, -0.2) is 0 Å². The van der Waals surface area contributed by atoms with Gasteiger partial charge in [-0.1, -0.05) is 25.8 Å². The summed E-state index contributed by atoms with van der Waals surface area (Å²) in [6.45, 7) is 6.05. The third kappa shape index (κ3) is 2.69. The number of hydrogen-bond donors (Lipinski definition) is 0. The lowest BCUT2D eigenvalue weighted by Gasteiger charge is -2.12. The van der Waals surface area contributed by atoms with Crippen molar-refractivity contribution in [3.05, 3.63) is 12.7 Å². The van der Waals surface area contributed by atoms with Gasteiger partial charge in [-0.3, -0.25) is 0 Å². The lowest BCUT2D eigenvalue weighted by molar-refractivity contribution is 0.416. The lowest BCUT2D eigenvalue weighted by atomic mass is 9.94. The molecular formula is C11H20. The maximum atomic E-state index is 3.77. The molecule has 0 amide bonds. The zero-order chi connectivity index (χ0) is 8.16. The highest BCUT2D eigenvalue weighted by molar-refractivity contribution is 4.93. The summed E-state index contributed by atoms with van der Waals surface area (Å²) in [5, 5.41) is 0. The molecule has 1 fully saturated rings. The van der Waals surface area contributed by atoms with Crippen LogP contribution in [0.15, 0.2) is 12.7 Å². The molecule has 0 heterocycles. The Morgan fingerprint density at radius 3 is 2.55 bits per heavy atom. The molecular weight excluding hydrogens is 132 g/mol. The Balaban J connectivity index is 2.12. The van der Waals surface area contributed by atoms with Crippen LogP contribution in [-0.4, -0.2) is 0 Å². The van der Waals surface area contributed by atoms with Gasteiger partial charge in [0.15, 0.2) is 0 Å². The van der Waals surface area contributed by atoms with Crippen LogP contribution in [0, 0.1) is 5.41 Å². The molecule has 0 aromatic carbocycles. The highest BCUT2D eigenvalue weighted by Crippen LogP contribution is 2.53. The van der Waals surface area contributed by atoms with Gasteiger partial charge in [0.1, 0.15) is 0 Å². The van der Waals surface area contributed by atoms with Crippen LogP contribution in [0.5, 0.6) is 0 Å². The van der Waals surface area contributed by atoms with E-state index >= 15 is 0 Å². The van der Waals surface area contributed by atoms with E-state index in [-0.39, 0.29) is 0 Å². The molecule has 1 rings (SSSR count). The van der Waals surface area contributed by atoms with Crippen LogP contribution < -0.4 is 0 Å². The SMILES string of the molecule is C=CCCC1(CCCC)CC1. The van der Waals surface area contributed by atoms with Crippen molar-refractivity contribution in [2.45, 2.75) is 51.9 Å². The smallest absolute Gasteiger partial charge is 0.0294 e. The van der Waals surface area contributed by atoms with Gasteiger partial charge in [0, 0.05) is 0 Å². The van der Waals surface area contributed by atoms with E-state index in [1.165, 1.54) is 44.9 Å². The van der Waals surface area contributed by atoms with Crippen LogP contribution in [0.3, 0.4) is 0 Å². The molecule has 0 aromatic heterocycles. The quantitative estimate of drug-likeness (QED) is 0.506. The first kappa shape index (κ1) is 8.83. The van der Waals surface area contributed by atoms with Crippen molar-refractivity contribution in [2.24, 2.45) is 5.41 Å². The van der Waals surface area contributed by atoms with Gasteiger partial charge in [0.05, 0.1) is 0 Å². The second-order valence-corrected chi connectivity index (χ2v) is 3.93. The summed E-state index contributed by atoms with van der Waals surface area (Å²) in [5.41, 5.74) is 0.782.